The summed E-state index contributed by atoms with van der Waals surface area (Å²) in [6.07, 6.45) is 0.983. The maximum atomic E-state index is 5.78. The molecule has 3 rings (SSSR count). The number of ether oxygens (including phenoxy) is 1. The van der Waals surface area contributed by atoms with Gasteiger partial charge in [0.1, 0.15) is 11.9 Å². The summed E-state index contributed by atoms with van der Waals surface area (Å²) < 4.78 is 11.0. The normalized spacial score (nSPS) is 17.3. The fourth-order valence-electron chi connectivity index (χ4n) is 1.98. The Balaban J connectivity index is 1.57. The molecule has 0 fully saturated rings. The number of fused-ring (bicyclic) bond motifs is 1. The quantitative estimate of drug-likeness (QED) is 0.835. The minimum absolute atomic E-state index is 0.0932. The van der Waals surface area contributed by atoms with Crippen LogP contribution in [0.2, 0.25) is 0 Å². The Hall–Kier alpha value is -2.08. The van der Waals surface area contributed by atoms with Crippen molar-refractivity contribution >= 4 is 6.01 Å². The van der Waals surface area contributed by atoms with Gasteiger partial charge in [-0.2, -0.15) is 0 Å². The third kappa shape index (κ3) is 2.14. The van der Waals surface area contributed by atoms with E-state index >= 15 is 0 Å². The summed E-state index contributed by atoms with van der Waals surface area (Å²) in [5.41, 5.74) is 6.62. The van der Waals surface area contributed by atoms with E-state index in [2.05, 4.69) is 21.6 Å². The Kier molecular flexibility index (Phi) is 2.85. The van der Waals surface area contributed by atoms with Crippen molar-refractivity contribution in [1.82, 2.24) is 10.2 Å². The van der Waals surface area contributed by atoms with Gasteiger partial charge in [0.2, 0.25) is 5.89 Å². The number of aromatic nitrogens is 2. The second kappa shape index (κ2) is 4.66. The number of rotatable bonds is 4. The van der Waals surface area contributed by atoms with Crippen molar-refractivity contribution in [3.63, 3.8) is 0 Å². The standard InChI is InChI=1S/C12H14N4O2/c13-6-11-15-16-12(18-11)14-7-9-5-8-3-1-2-4-10(8)17-9/h1-4,9H,5-7,13H2,(H,14,16). The molecule has 0 aliphatic carbocycles. The van der Waals surface area contributed by atoms with Gasteiger partial charge in [0.15, 0.2) is 0 Å². The number of nitrogens with one attached hydrogen (secondary N) is 1. The van der Waals surface area contributed by atoms with E-state index in [1.54, 1.807) is 0 Å². The fourth-order valence-corrected chi connectivity index (χ4v) is 1.98. The number of anilines is 1. The highest BCUT2D eigenvalue weighted by Gasteiger charge is 2.22. The number of hydrogen-bond donors (Lipinski definition) is 2. The van der Waals surface area contributed by atoms with E-state index in [4.69, 9.17) is 14.9 Å². The SMILES string of the molecule is NCc1nnc(NCC2Cc3ccccc3O2)o1. The van der Waals surface area contributed by atoms with E-state index in [-0.39, 0.29) is 12.6 Å². The summed E-state index contributed by atoms with van der Waals surface area (Å²) in [7, 11) is 0. The van der Waals surface area contributed by atoms with Crippen molar-refractivity contribution in [1.29, 1.82) is 0 Å². The van der Waals surface area contributed by atoms with E-state index in [1.165, 1.54) is 5.56 Å². The van der Waals surface area contributed by atoms with Gasteiger partial charge in [-0.3, -0.25) is 0 Å². The van der Waals surface area contributed by atoms with E-state index in [0.717, 1.165) is 12.2 Å². The monoisotopic (exact) mass is 246 g/mol. The maximum Gasteiger partial charge on any atom is 0.315 e. The molecule has 2 aromatic rings. The van der Waals surface area contributed by atoms with Crippen LogP contribution in [0.15, 0.2) is 28.7 Å². The highest BCUT2D eigenvalue weighted by Crippen LogP contribution is 2.28. The van der Waals surface area contributed by atoms with Gasteiger partial charge >= 0.3 is 6.01 Å². The zero-order chi connectivity index (χ0) is 12.4. The molecule has 0 radical (unpaired) electrons. The molecule has 0 spiro atoms. The Morgan fingerprint density at radius 1 is 1.33 bits per heavy atom. The van der Waals surface area contributed by atoms with Crippen molar-refractivity contribution in [3.8, 4) is 5.75 Å². The van der Waals surface area contributed by atoms with Crippen molar-refractivity contribution in [2.45, 2.75) is 19.1 Å². The molecule has 0 amide bonds. The molecule has 1 aliphatic rings. The number of nitrogens with two attached hydrogens (primary N) is 1. The third-order valence-electron chi connectivity index (χ3n) is 2.84. The highest BCUT2D eigenvalue weighted by molar-refractivity contribution is 5.37. The number of nitrogens with zero attached hydrogens (tertiary/aromatic N) is 2. The van der Waals surface area contributed by atoms with Crippen molar-refractivity contribution < 1.29 is 9.15 Å². The molecule has 6 heteroatoms. The molecule has 94 valence electrons. The molecule has 0 saturated carbocycles. The van der Waals surface area contributed by atoms with Crippen molar-refractivity contribution in [2.24, 2.45) is 5.73 Å². The molecule has 1 atom stereocenters. The lowest BCUT2D eigenvalue weighted by Gasteiger charge is -2.09. The van der Waals surface area contributed by atoms with Crippen LogP contribution in [0.1, 0.15) is 11.5 Å². The van der Waals surface area contributed by atoms with Crippen LogP contribution in [0.4, 0.5) is 6.01 Å². The number of benzene rings is 1. The van der Waals surface area contributed by atoms with Crippen LogP contribution in [0.5, 0.6) is 5.75 Å². The van der Waals surface area contributed by atoms with Gasteiger partial charge in [0.05, 0.1) is 13.1 Å². The summed E-state index contributed by atoms with van der Waals surface area (Å²) in [5.74, 6) is 1.38. The van der Waals surface area contributed by atoms with E-state index in [0.29, 0.717) is 18.5 Å². The van der Waals surface area contributed by atoms with Crippen LogP contribution in [0.3, 0.4) is 0 Å². The van der Waals surface area contributed by atoms with Crippen LogP contribution in [-0.2, 0) is 13.0 Å². The first-order valence-electron chi connectivity index (χ1n) is 5.86. The smallest absolute Gasteiger partial charge is 0.315 e. The van der Waals surface area contributed by atoms with Crippen LogP contribution in [0.25, 0.3) is 0 Å². The number of hydrogen-bond acceptors (Lipinski definition) is 6. The first kappa shape index (κ1) is 11.0. The molecule has 0 saturated heterocycles. The lowest BCUT2D eigenvalue weighted by Crippen LogP contribution is -2.24. The Bertz CT molecular complexity index is 515. The molecule has 3 N–H and O–H groups in total. The summed E-state index contributed by atoms with van der Waals surface area (Å²) in [6.45, 7) is 0.876. The molecule has 6 nitrogen and oxygen atoms in total. The topological polar surface area (TPSA) is 86.2 Å². The van der Waals surface area contributed by atoms with Gasteiger partial charge in [-0.15, -0.1) is 5.10 Å². The average molecular weight is 246 g/mol. The molecule has 1 aromatic heterocycles. The second-order valence-corrected chi connectivity index (χ2v) is 4.14. The molecular formula is C12H14N4O2. The largest absolute Gasteiger partial charge is 0.488 e. The second-order valence-electron chi connectivity index (χ2n) is 4.14. The van der Waals surface area contributed by atoms with Crippen LogP contribution in [0, 0.1) is 0 Å². The zero-order valence-corrected chi connectivity index (χ0v) is 9.80. The Labute approximate surface area is 104 Å². The minimum atomic E-state index is 0.0932. The lowest BCUT2D eigenvalue weighted by molar-refractivity contribution is 0.245. The molecule has 2 heterocycles. The van der Waals surface area contributed by atoms with Crippen molar-refractivity contribution in [2.75, 3.05) is 11.9 Å². The molecule has 18 heavy (non-hydrogen) atoms. The van der Waals surface area contributed by atoms with Crippen LogP contribution >= 0.6 is 0 Å². The highest BCUT2D eigenvalue weighted by atomic mass is 16.5. The van der Waals surface area contributed by atoms with Gasteiger partial charge in [-0.05, 0) is 11.6 Å². The zero-order valence-electron chi connectivity index (χ0n) is 9.80. The minimum Gasteiger partial charge on any atom is -0.488 e. The summed E-state index contributed by atoms with van der Waals surface area (Å²) in [5, 5.41) is 10.7. The molecule has 1 aromatic carbocycles. The summed E-state index contributed by atoms with van der Waals surface area (Å²) in [6, 6.07) is 8.43. The van der Waals surface area contributed by atoms with E-state index in [9.17, 15) is 0 Å². The molecular weight excluding hydrogens is 232 g/mol. The van der Waals surface area contributed by atoms with E-state index < -0.39 is 0 Å². The first-order valence-corrected chi connectivity index (χ1v) is 5.86. The summed E-state index contributed by atoms with van der Waals surface area (Å²) in [4.78, 5) is 0. The third-order valence-corrected chi connectivity index (χ3v) is 2.84. The van der Waals surface area contributed by atoms with Gasteiger partial charge in [-0.1, -0.05) is 23.3 Å². The van der Waals surface area contributed by atoms with Crippen molar-refractivity contribution in [3.05, 3.63) is 35.7 Å². The van der Waals surface area contributed by atoms with Crippen LogP contribution in [-0.4, -0.2) is 22.8 Å². The van der Waals surface area contributed by atoms with Gasteiger partial charge in [0.25, 0.3) is 0 Å². The summed E-state index contributed by atoms with van der Waals surface area (Å²) >= 11 is 0. The fraction of sp³-hybridized carbons (Fsp3) is 0.333. The van der Waals surface area contributed by atoms with Crippen LogP contribution < -0.4 is 15.8 Å². The lowest BCUT2D eigenvalue weighted by atomic mass is 10.1. The van der Waals surface area contributed by atoms with Gasteiger partial charge in [-0.25, -0.2) is 0 Å². The van der Waals surface area contributed by atoms with Gasteiger partial charge < -0.3 is 20.2 Å². The maximum absolute atomic E-state index is 5.78. The predicted octanol–water partition coefficient (Wildman–Crippen LogP) is 0.944. The predicted molar refractivity (Wildman–Crippen MR) is 65.2 cm³/mol. The molecule has 1 unspecified atom stereocenters. The van der Waals surface area contributed by atoms with E-state index in [1.807, 2.05) is 18.2 Å². The average Bonchev–Trinajstić information content (AvgIpc) is 3.02. The number of para-hydroxylation sites is 1. The van der Waals surface area contributed by atoms with Gasteiger partial charge in [0, 0.05) is 6.42 Å². The first-order chi connectivity index (χ1) is 8.85. The molecule has 1 aliphatic heterocycles. The Morgan fingerprint density at radius 3 is 3.00 bits per heavy atom. The molecule has 0 bridgehead atoms. The Morgan fingerprint density at radius 2 is 2.22 bits per heavy atom.